The molecule has 0 N–H and O–H groups in total. The molecule has 10 aromatic rings. The summed E-state index contributed by atoms with van der Waals surface area (Å²) in [5.41, 5.74) is 14.6. The minimum Gasteiger partial charge on any atom is -0.308 e. The van der Waals surface area contributed by atoms with Crippen molar-refractivity contribution in [3.8, 4) is 17.1 Å². The summed E-state index contributed by atoms with van der Waals surface area (Å²) >= 11 is 0. The number of fused-ring (bicyclic) bond motifs is 9. The molecule has 0 radical (unpaired) electrons. The highest BCUT2D eigenvalue weighted by molar-refractivity contribution is 6.11. The second-order valence-electron chi connectivity index (χ2n) is 12.3. The van der Waals surface area contributed by atoms with Crippen LogP contribution in [0.1, 0.15) is 11.1 Å². The highest BCUT2D eigenvalue weighted by atomic mass is 15.0. The van der Waals surface area contributed by atoms with E-state index in [4.69, 9.17) is 15.0 Å². The summed E-state index contributed by atoms with van der Waals surface area (Å²) < 4.78 is 6.89. The van der Waals surface area contributed by atoms with Crippen molar-refractivity contribution in [1.82, 2.24) is 28.7 Å². The lowest BCUT2D eigenvalue weighted by atomic mass is 10.1. The van der Waals surface area contributed by atoms with E-state index in [1.54, 1.807) is 0 Å². The number of hydrogen-bond donors (Lipinski definition) is 0. The lowest BCUT2D eigenvalue weighted by molar-refractivity contribution is 1.16. The van der Waals surface area contributed by atoms with Gasteiger partial charge < -0.3 is 13.7 Å². The highest BCUT2D eigenvalue weighted by Gasteiger charge is 2.19. The molecule has 0 bridgehead atoms. The molecule has 49 heavy (non-hydrogen) atoms. The SMILES string of the molecule is C=Cc1cc(C=C)cc(-n2c3ccc(-n4c5ccc(-n6c7ccccc7c7ncccc76)cc5c5ncccc54)cc3c3ncccc32)c1. The van der Waals surface area contributed by atoms with Gasteiger partial charge in [-0.25, -0.2) is 0 Å². The molecule has 0 atom stereocenters. The zero-order chi connectivity index (χ0) is 32.6. The van der Waals surface area contributed by atoms with Crippen molar-refractivity contribution >= 4 is 78.0 Å². The normalized spacial score (nSPS) is 11.8. The van der Waals surface area contributed by atoms with Crippen molar-refractivity contribution in [1.29, 1.82) is 0 Å². The van der Waals surface area contributed by atoms with Gasteiger partial charge in [-0.3, -0.25) is 15.0 Å². The number of para-hydroxylation sites is 1. The molecule has 0 saturated carbocycles. The van der Waals surface area contributed by atoms with Gasteiger partial charge in [-0.2, -0.15) is 0 Å². The molecule has 0 unspecified atom stereocenters. The molecule has 230 valence electrons. The molecule has 0 saturated heterocycles. The number of pyridine rings is 3. The molecule has 6 nitrogen and oxygen atoms in total. The van der Waals surface area contributed by atoms with Crippen LogP contribution in [0.25, 0.3) is 95.0 Å². The Bertz CT molecular complexity index is 2910. The van der Waals surface area contributed by atoms with E-state index in [0.717, 1.165) is 94.0 Å². The number of hydrogen-bond acceptors (Lipinski definition) is 3. The van der Waals surface area contributed by atoms with E-state index in [2.05, 4.69) is 124 Å². The highest BCUT2D eigenvalue weighted by Crippen LogP contribution is 2.38. The van der Waals surface area contributed by atoms with Crippen LogP contribution in [0.3, 0.4) is 0 Å². The predicted octanol–water partition coefficient (Wildman–Crippen LogP) is 10.4. The molecule has 6 heteroatoms. The van der Waals surface area contributed by atoms with E-state index in [-0.39, 0.29) is 0 Å². The summed E-state index contributed by atoms with van der Waals surface area (Å²) in [5, 5.41) is 3.30. The van der Waals surface area contributed by atoms with Crippen LogP contribution in [0.15, 0.2) is 147 Å². The van der Waals surface area contributed by atoms with Crippen molar-refractivity contribution in [2.24, 2.45) is 0 Å². The lowest BCUT2D eigenvalue weighted by Gasteiger charge is -2.12. The van der Waals surface area contributed by atoms with Crippen molar-refractivity contribution < 1.29 is 0 Å². The Kier molecular flexibility index (Phi) is 5.78. The number of aromatic nitrogens is 6. The zero-order valence-corrected chi connectivity index (χ0v) is 26.5. The molecule has 0 aliphatic heterocycles. The number of nitrogens with zero attached hydrogens (tertiary/aromatic N) is 6. The molecule has 0 aliphatic carbocycles. The lowest BCUT2D eigenvalue weighted by Crippen LogP contribution is -1.97. The number of rotatable bonds is 5. The Hall–Kier alpha value is -6.79. The molecule has 0 fully saturated rings. The molecule has 4 aromatic carbocycles. The molecule has 0 aliphatic rings. The van der Waals surface area contributed by atoms with Gasteiger partial charge in [0.2, 0.25) is 0 Å². The average Bonchev–Trinajstić information content (AvgIpc) is 3.80. The minimum absolute atomic E-state index is 0.949. The topological polar surface area (TPSA) is 53.5 Å². The van der Waals surface area contributed by atoms with Gasteiger partial charge in [-0.15, -0.1) is 0 Å². The predicted molar refractivity (Wildman–Crippen MR) is 203 cm³/mol. The summed E-state index contributed by atoms with van der Waals surface area (Å²) in [6.45, 7) is 8.04. The maximum absolute atomic E-state index is 4.92. The second-order valence-corrected chi connectivity index (χ2v) is 12.3. The van der Waals surface area contributed by atoms with Gasteiger partial charge in [-0.05, 0) is 108 Å². The van der Waals surface area contributed by atoms with Gasteiger partial charge >= 0.3 is 0 Å². The molecule has 0 amide bonds. The van der Waals surface area contributed by atoms with E-state index >= 15 is 0 Å². The maximum Gasteiger partial charge on any atom is 0.0964 e. The van der Waals surface area contributed by atoms with Crippen LogP contribution >= 0.6 is 0 Å². The van der Waals surface area contributed by atoms with Crippen LogP contribution in [-0.4, -0.2) is 28.7 Å². The van der Waals surface area contributed by atoms with Crippen LogP contribution in [0.5, 0.6) is 0 Å². The Balaban J connectivity index is 1.22. The van der Waals surface area contributed by atoms with Crippen LogP contribution in [0.2, 0.25) is 0 Å². The first-order valence-corrected chi connectivity index (χ1v) is 16.3. The fraction of sp³-hybridized carbons (Fsp3) is 0. The average molecular weight is 629 g/mol. The van der Waals surface area contributed by atoms with Gasteiger partial charge in [0.05, 0.1) is 49.7 Å². The zero-order valence-electron chi connectivity index (χ0n) is 26.5. The van der Waals surface area contributed by atoms with Gasteiger partial charge in [0.1, 0.15) is 0 Å². The first-order chi connectivity index (χ1) is 24.2. The summed E-state index contributed by atoms with van der Waals surface area (Å²) in [7, 11) is 0. The smallest absolute Gasteiger partial charge is 0.0964 e. The van der Waals surface area contributed by atoms with Crippen molar-refractivity contribution in [2.75, 3.05) is 0 Å². The number of benzene rings is 4. The summed E-state index contributed by atoms with van der Waals surface area (Å²) in [4.78, 5) is 14.5. The van der Waals surface area contributed by atoms with Crippen LogP contribution < -0.4 is 0 Å². The molecule has 6 heterocycles. The first kappa shape index (κ1) is 27.3. The van der Waals surface area contributed by atoms with Crippen molar-refractivity contribution in [3.63, 3.8) is 0 Å². The van der Waals surface area contributed by atoms with E-state index in [1.807, 2.05) is 48.9 Å². The molecular weight excluding hydrogens is 601 g/mol. The van der Waals surface area contributed by atoms with E-state index in [9.17, 15) is 0 Å². The summed E-state index contributed by atoms with van der Waals surface area (Å²) in [6.07, 6.45) is 9.35. The van der Waals surface area contributed by atoms with Gasteiger partial charge in [-0.1, -0.05) is 43.5 Å². The Labute approximate surface area is 281 Å². The van der Waals surface area contributed by atoms with Crippen molar-refractivity contribution in [2.45, 2.75) is 0 Å². The summed E-state index contributed by atoms with van der Waals surface area (Å²) in [5.74, 6) is 0. The Morgan fingerprint density at radius 1 is 0.388 bits per heavy atom. The van der Waals surface area contributed by atoms with Crippen molar-refractivity contribution in [3.05, 3.63) is 158 Å². The van der Waals surface area contributed by atoms with E-state index < -0.39 is 0 Å². The third-order valence-electron chi connectivity index (χ3n) is 9.64. The fourth-order valence-corrected chi connectivity index (χ4v) is 7.57. The van der Waals surface area contributed by atoms with Crippen LogP contribution in [0.4, 0.5) is 0 Å². The summed E-state index contributed by atoms with van der Waals surface area (Å²) in [6, 6.07) is 40.6. The maximum atomic E-state index is 4.92. The Morgan fingerprint density at radius 3 is 1.33 bits per heavy atom. The van der Waals surface area contributed by atoms with Crippen LogP contribution in [-0.2, 0) is 0 Å². The van der Waals surface area contributed by atoms with Gasteiger partial charge in [0.15, 0.2) is 0 Å². The van der Waals surface area contributed by atoms with Gasteiger partial charge in [0.25, 0.3) is 0 Å². The largest absolute Gasteiger partial charge is 0.308 e. The molecule has 6 aromatic heterocycles. The third-order valence-corrected chi connectivity index (χ3v) is 9.64. The monoisotopic (exact) mass is 628 g/mol. The fourth-order valence-electron chi connectivity index (χ4n) is 7.57. The molecule has 0 spiro atoms. The Morgan fingerprint density at radius 2 is 0.816 bits per heavy atom. The second kappa shape index (κ2) is 10.4. The quantitative estimate of drug-likeness (QED) is 0.191. The minimum atomic E-state index is 0.949. The van der Waals surface area contributed by atoms with Gasteiger partial charge in [0, 0.05) is 51.8 Å². The van der Waals surface area contributed by atoms with E-state index in [0.29, 0.717) is 0 Å². The van der Waals surface area contributed by atoms with Crippen LogP contribution in [0, 0.1) is 0 Å². The van der Waals surface area contributed by atoms with E-state index in [1.165, 1.54) is 0 Å². The molecular formula is C43H28N6. The standard InChI is InChI=1S/C43H28N6/c1-3-27-22-28(4-2)24-31(23-27)49-37-18-16-30(26-34(37)43-40(49)14-9-21-46-43)48-36-17-15-29(25-33(36)42-39(48)13-8-20-45-42)47-35-11-6-5-10-32(35)41-38(47)12-7-19-44-41/h3-26H,1-2H2. The first-order valence-electron chi connectivity index (χ1n) is 16.3. The molecule has 10 rings (SSSR count). The third kappa shape index (κ3) is 3.92.